The van der Waals surface area contributed by atoms with Crippen molar-refractivity contribution in [2.75, 3.05) is 13.1 Å². The van der Waals surface area contributed by atoms with Gasteiger partial charge in [0.1, 0.15) is 6.26 Å². The van der Waals surface area contributed by atoms with E-state index < -0.39 is 0 Å². The Hall–Kier alpha value is -2.04. The Kier molecular flexibility index (Phi) is 4.76. The summed E-state index contributed by atoms with van der Waals surface area (Å²) in [6.07, 6.45) is 6.82. The Morgan fingerprint density at radius 3 is 2.52 bits per heavy atom. The van der Waals surface area contributed by atoms with E-state index in [1.807, 2.05) is 4.90 Å². The first-order chi connectivity index (χ1) is 11.8. The fraction of sp³-hybridized carbons (Fsp3) is 0.600. The number of carbonyl (C=O) groups is 2. The number of amides is 2. The predicted molar refractivity (Wildman–Crippen MR) is 96.0 cm³/mol. The third kappa shape index (κ3) is 3.65. The van der Waals surface area contributed by atoms with E-state index in [0.717, 1.165) is 12.8 Å². The molecule has 1 saturated heterocycles. The number of hydrogen-bond acceptors (Lipinski definition) is 3. The molecule has 25 heavy (non-hydrogen) atoms. The maximum atomic E-state index is 12.6. The van der Waals surface area contributed by atoms with Gasteiger partial charge in [0.05, 0.1) is 17.7 Å². The average Bonchev–Trinajstić information content (AvgIpc) is 2.94. The molecule has 2 amide bonds. The third-order valence-corrected chi connectivity index (χ3v) is 5.60. The van der Waals surface area contributed by atoms with Crippen LogP contribution in [0.2, 0.25) is 0 Å². The van der Waals surface area contributed by atoms with Crippen LogP contribution in [0.25, 0.3) is 0 Å². The van der Waals surface area contributed by atoms with E-state index in [-0.39, 0.29) is 29.2 Å². The quantitative estimate of drug-likeness (QED) is 0.853. The molecule has 2 unspecified atom stereocenters. The molecule has 0 radical (unpaired) electrons. The molecule has 136 valence electrons. The minimum atomic E-state index is 0.00507. The monoisotopic (exact) mass is 344 g/mol. The zero-order chi connectivity index (χ0) is 18.2. The second-order valence-electron chi connectivity index (χ2n) is 8.16. The van der Waals surface area contributed by atoms with Crippen molar-refractivity contribution in [3.63, 3.8) is 0 Å². The van der Waals surface area contributed by atoms with Crippen LogP contribution >= 0.6 is 0 Å². The second-order valence-corrected chi connectivity index (χ2v) is 8.16. The molecule has 5 nitrogen and oxygen atoms in total. The van der Waals surface area contributed by atoms with E-state index in [2.05, 4.69) is 39.1 Å². The number of likely N-dealkylation sites (tertiary alicyclic amines) is 1. The summed E-state index contributed by atoms with van der Waals surface area (Å²) in [6, 6.07) is 1.85. The first-order valence-electron chi connectivity index (χ1n) is 9.07. The highest BCUT2D eigenvalue weighted by molar-refractivity contribution is 5.93. The molecule has 1 aromatic heterocycles. The van der Waals surface area contributed by atoms with Crippen molar-refractivity contribution >= 4 is 11.8 Å². The first kappa shape index (κ1) is 17.8. The summed E-state index contributed by atoms with van der Waals surface area (Å²) in [4.78, 5) is 26.8. The molecule has 2 aliphatic rings. The minimum Gasteiger partial charge on any atom is -0.472 e. The number of nitrogens with zero attached hydrogens (tertiary/aromatic N) is 1. The Balaban J connectivity index is 1.50. The summed E-state index contributed by atoms with van der Waals surface area (Å²) >= 11 is 0. The minimum absolute atomic E-state index is 0.00507. The number of carbonyl (C=O) groups excluding carboxylic acids is 2. The van der Waals surface area contributed by atoms with Gasteiger partial charge in [-0.05, 0) is 44.1 Å². The fourth-order valence-electron chi connectivity index (χ4n) is 3.94. The second kappa shape index (κ2) is 6.70. The molecule has 1 aliphatic carbocycles. The van der Waals surface area contributed by atoms with Gasteiger partial charge in [-0.25, -0.2) is 0 Å². The summed E-state index contributed by atoms with van der Waals surface area (Å²) in [5.74, 6) is 0.561. The molecule has 1 saturated carbocycles. The molecular formula is C20H28N2O3. The highest BCUT2D eigenvalue weighted by atomic mass is 16.3. The lowest BCUT2D eigenvalue weighted by molar-refractivity contribution is -0.124. The molecule has 3 rings (SSSR count). The van der Waals surface area contributed by atoms with Crippen LogP contribution in [0.4, 0.5) is 0 Å². The van der Waals surface area contributed by atoms with Crippen LogP contribution in [0.15, 0.2) is 34.7 Å². The average molecular weight is 344 g/mol. The van der Waals surface area contributed by atoms with Gasteiger partial charge in [-0.2, -0.15) is 0 Å². The third-order valence-electron chi connectivity index (χ3n) is 5.60. The topological polar surface area (TPSA) is 62.6 Å². The SMILES string of the molecule is CC(C)=CC1C(C(=O)NC2CCN(C(=O)c3ccoc3)CC2)C1(C)C. The van der Waals surface area contributed by atoms with Gasteiger partial charge in [0, 0.05) is 19.1 Å². The van der Waals surface area contributed by atoms with Crippen molar-refractivity contribution in [2.24, 2.45) is 17.3 Å². The lowest BCUT2D eigenvalue weighted by atomic mass is 10.0. The van der Waals surface area contributed by atoms with Crippen molar-refractivity contribution in [2.45, 2.75) is 46.6 Å². The molecule has 2 fully saturated rings. The molecule has 1 aromatic rings. The van der Waals surface area contributed by atoms with Crippen LogP contribution < -0.4 is 5.32 Å². The molecular weight excluding hydrogens is 316 g/mol. The summed E-state index contributed by atoms with van der Waals surface area (Å²) in [5, 5.41) is 3.21. The fourth-order valence-corrected chi connectivity index (χ4v) is 3.94. The highest BCUT2D eigenvalue weighted by Gasteiger charge is 2.60. The maximum absolute atomic E-state index is 12.6. The summed E-state index contributed by atoms with van der Waals surface area (Å²) < 4.78 is 4.98. The van der Waals surface area contributed by atoms with Gasteiger partial charge in [-0.15, -0.1) is 0 Å². The number of piperidine rings is 1. The van der Waals surface area contributed by atoms with Gasteiger partial charge in [0.25, 0.3) is 5.91 Å². The standard InChI is InChI=1S/C20H28N2O3/c1-13(2)11-16-17(20(16,3)4)18(23)21-15-5-8-22(9-6-15)19(24)14-7-10-25-12-14/h7,10-12,15-17H,5-6,8-9H2,1-4H3,(H,21,23). The maximum Gasteiger partial charge on any atom is 0.257 e. The van der Waals surface area contributed by atoms with Crippen LogP contribution in [0.3, 0.4) is 0 Å². The largest absolute Gasteiger partial charge is 0.472 e. The lowest BCUT2D eigenvalue weighted by Gasteiger charge is -2.32. The van der Waals surface area contributed by atoms with E-state index in [0.29, 0.717) is 24.6 Å². The Morgan fingerprint density at radius 1 is 1.28 bits per heavy atom. The molecule has 2 heterocycles. The Labute approximate surface area is 149 Å². The van der Waals surface area contributed by atoms with E-state index in [1.54, 1.807) is 6.07 Å². The molecule has 0 aromatic carbocycles. The normalized spacial score (nSPS) is 25.4. The van der Waals surface area contributed by atoms with Crippen molar-refractivity contribution in [3.8, 4) is 0 Å². The molecule has 2 atom stereocenters. The van der Waals surface area contributed by atoms with Crippen LogP contribution in [0.1, 0.15) is 50.9 Å². The van der Waals surface area contributed by atoms with E-state index in [4.69, 9.17) is 4.42 Å². The van der Waals surface area contributed by atoms with Crippen molar-refractivity contribution in [1.29, 1.82) is 0 Å². The number of nitrogens with one attached hydrogen (secondary N) is 1. The Bertz CT molecular complexity index is 663. The number of allylic oxidation sites excluding steroid dienone is 2. The number of rotatable bonds is 4. The predicted octanol–water partition coefficient (Wildman–Crippen LogP) is 3.24. The molecule has 1 N–H and O–H groups in total. The highest BCUT2D eigenvalue weighted by Crippen LogP contribution is 2.59. The van der Waals surface area contributed by atoms with Gasteiger partial charge >= 0.3 is 0 Å². The summed E-state index contributed by atoms with van der Waals surface area (Å²) in [7, 11) is 0. The van der Waals surface area contributed by atoms with E-state index in [1.165, 1.54) is 18.1 Å². The van der Waals surface area contributed by atoms with Gasteiger partial charge in [0.15, 0.2) is 0 Å². The number of furan rings is 1. The van der Waals surface area contributed by atoms with Crippen LogP contribution in [-0.4, -0.2) is 35.8 Å². The van der Waals surface area contributed by atoms with Crippen molar-refractivity contribution in [3.05, 3.63) is 35.8 Å². The molecule has 5 heteroatoms. The van der Waals surface area contributed by atoms with Gasteiger partial charge in [-0.3, -0.25) is 9.59 Å². The van der Waals surface area contributed by atoms with Crippen molar-refractivity contribution in [1.82, 2.24) is 10.2 Å². The van der Waals surface area contributed by atoms with Crippen molar-refractivity contribution < 1.29 is 14.0 Å². The van der Waals surface area contributed by atoms with E-state index in [9.17, 15) is 9.59 Å². The lowest BCUT2D eigenvalue weighted by Crippen LogP contribution is -2.47. The zero-order valence-corrected chi connectivity index (χ0v) is 15.5. The molecule has 1 aliphatic heterocycles. The molecule has 0 bridgehead atoms. The van der Waals surface area contributed by atoms with Gasteiger partial charge in [0.2, 0.25) is 5.91 Å². The zero-order valence-electron chi connectivity index (χ0n) is 15.5. The molecule has 0 spiro atoms. The van der Waals surface area contributed by atoms with Gasteiger partial charge < -0.3 is 14.6 Å². The van der Waals surface area contributed by atoms with Crippen LogP contribution in [0.5, 0.6) is 0 Å². The van der Waals surface area contributed by atoms with E-state index >= 15 is 0 Å². The van der Waals surface area contributed by atoms with Gasteiger partial charge in [-0.1, -0.05) is 25.5 Å². The number of hydrogen-bond donors (Lipinski definition) is 1. The van der Waals surface area contributed by atoms with Crippen LogP contribution in [-0.2, 0) is 4.79 Å². The first-order valence-corrected chi connectivity index (χ1v) is 9.07. The smallest absolute Gasteiger partial charge is 0.257 e. The summed E-state index contributed by atoms with van der Waals surface area (Å²) in [6.45, 7) is 9.81. The van der Waals surface area contributed by atoms with Crippen LogP contribution in [0, 0.1) is 17.3 Å². The summed E-state index contributed by atoms with van der Waals surface area (Å²) in [5.41, 5.74) is 1.89. The Morgan fingerprint density at radius 2 is 1.96 bits per heavy atom.